The van der Waals surface area contributed by atoms with Gasteiger partial charge in [-0.2, -0.15) is 0 Å². The highest BCUT2D eigenvalue weighted by Gasteiger charge is 2.15. The summed E-state index contributed by atoms with van der Waals surface area (Å²) in [6.45, 7) is 0.772. The molecular weight excluding hydrogens is 214 g/mol. The Kier molecular flexibility index (Phi) is 3.71. The van der Waals surface area contributed by atoms with Crippen LogP contribution in [-0.4, -0.2) is 17.0 Å². The molecule has 1 fully saturated rings. The molecule has 0 radical (unpaired) electrons. The van der Waals surface area contributed by atoms with Crippen LogP contribution in [-0.2, 0) is 7.05 Å². The van der Waals surface area contributed by atoms with Gasteiger partial charge in [0.1, 0.15) is 5.69 Å². The molecule has 1 heterocycles. The van der Waals surface area contributed by atoms with Gasteiger partial charge in [-0.05, 0) is 18.4 Å². The second kappa shape index (κ2) is 5.25. The van der Waals surface area contributed by atoms with Gasteiger partial charge in [0.25, 0.3) is 5.91 Å². The van der Waals surface area contributed by atoms with Gasteiger partial charge in [0.2, 0.25) is 0 Å². The normalized spacial score (nSPS) is 16.3. The van der Waals surface area contributed by atoms with Crippen LogP contribution in [0, 0.1) is 5.92 Å². The van der Waals surface area contributed by atoms with E-state index in [4.69, 9.17) is 5.73 Å². The number of nitrogens with zero attached hydrogens (tertiary/aromatic N) is 1. The number of hydrogen-bond acceptors (Lipinski definition) is 2. The van der Waals surface area contributed by atoms with E-state index in [1.165, 1.54) is 25.7 Å². The zero-order valence-electron chi connectivity index (χ0n) is 10.4. The lowest BCUT2D eigenvalue weighted by atomic mass is 10.0. The zero-order chi connectivity index (χ0) is 12.3. The molecule has 3 N–H and O–H groups in total. The van der Waals surface area contributed by atoms with Crippen molar-refractivity contribution in [3.63, 3.8) is 0 Å². The molecule has 4 nitrogen and oxygen atoms in total. The molecule has 1 aliphatic rings. The highest BCUT2D eigenvalue weighted by Crippen LogP contribution is 2.26. The minimum Gasteiger partial charge on any atom is -0.397 e. The number of hydrogen-bond donors (Lipinski definition) is 2. The smallest absolute Gasteiger partial charge is 0.267 e. The lowest BCUT2D eigenvalue weighted by molar-refractivity contribution is 0.0943. The van der Waals surface area contributed by atoms with E-state index in [0.717, 1.165) is 18.9 Å². The van der Waals surface area contributed by atoms with Gasteiger partial charge in [-0.3, -0.25) is 4.79 Å². The van der Waals surface area contributed by atoms with Gasteiger partial charge in [0, 0.05) is 19.8 Å². The summed E-state index contributed by atoms with van der Waals surface area (Å²) in [7, 11) is 1.84. The van der Waals surface area contributed by atoms with E-state index in [0.29, 0.717) is 11.4 Å². The number of nitrogens with one attached hydrogen (secondary N) is 1. The maximum Gasteiger partial charge on any atom is 0.267 e. The number of aromatic nitrogens is 1. The van der Waals surface area contributed by atoms with E-state index < -0.39 is 0 Å². The molecule has 0 aromatic carbocycles. The van der Waals surface area contributed by atoms with Crippen molar-refractivity contribution < 1.29 is 4.79 Å². The van der Waals surface area contributed by atoms with Crippen molar-refractivity contribution in [1.29, 1.82) is 0 Å². The number of nitrogen functional groups attached to an aromatic ring is 1. The Morgan fingerprint density at radius 1 is 1.53 bits per heavy atom. The fourth-order valence-electron chi connectivity index (χ4n) is 2.60. The number of amides is 1. The first kappa shape index (κ1) is 12.0. The summed E-state index contributed by atoms with van der Waals surface area (Å²) < 4.78 is 1.76. The fourth-order valence-corrected chi connectivity index (χ4v) is 2.60. The largest absolute Gasteiger partial charge is 0.397 e. The summed E-state index contributed by atoms with van der Waals surface area (Å²) in [4.78, 5) is 11.9. The van der Waals surface area contributed by atoms with Crippen LogP contribution in [0.3, 0.4) is 0 Å². The molecule has 0 unspecified atom stereocenters. The van der Waals surface area contributed by atoms with Crippen LogP contribution >= 0.6 is 0 Å². The minimum absolute atomic E-state index is 0.0257. The molecule has 17 heavy (non-hydrogen) atoms. The lowest BCUT2D eigenvalue weighted by Gasteiger charge is -2.10. The summed E-state index contributed by atoms with van der Waals surface area (Å²) in [5.74, 6) is 0.788. The molecule has 1 aromatic rings. The van der Waals surface area contributed by atoms with Crippen LogP contribution < -0.4 is 11.1 Å². The van der Waals surface area contributed by atoms with Crippen molar-refractivity contribution in [3.05, 3.63) is 18.0 Å². The maximum atomic E-state index is 11.9. The minimum atomic E-state index is -0.0257. The van der Waals surface area contributed by atoms with Crippen molar-refractivity contribution in [1.82, 2.24) is 9.88 Å². The predicted molar refractivity (Wildman–Crippen MR) is 68.7 cm³/mol. The molecule has 2 rings (SSSR count). The van der Waals surface area contributed by atoms with Crippen molar-refractivity contribution in [3.8, 4) is 0 Å². The van der Waals surface area contributed by atoms with Gasteiger partial charge in [0.05, 0.1) is 5.69 Å². The van der Waals surface area contributed by atoms with Crippen LogP contribution in [0.5, 0.6) is 0 Å². The molecule has 0 spiro atoms. The van der Waals surface area contributed by atoms with Crippen molar-refractivity contribution >= 4 is 11.6 Å². The number of aryl methyl sites for hydroxylation is 1. The fraction of sp³-hybridized carbons (Fsp3) is 0.615. The zero-order valence-corrected chi connectivity index (χ0v) is 10.4. The number of rotatable bonds is 4. The standard InChI is InChI=1S/C13H21N3O/c1-16-9-11(14)8-12(16)13(17)15-7-6-10-4-2-3-5-10/h8-10H,2-7,14H2,1H3,(H,15,17). The van der Waals surface area contributed by atoms with E-state index in [1.54, 1.807) is 16.8 Å². The van der Waals surface area contributed by atoms with E-state index >= 15 is 0 Å². The van der Waals surface area contributed by atoms with Crippen LogP contribution in [0.25, 0.3) is 0 Å². The Morgan fingerprint density at radius 2 is 2.24 bits per heavy atom. The van der Waals surface area contributed by atoms with E-state index in [2.05, 4.69) is 5.32 Å². The first-order chi connectivity index (χ1) is 8.16. The summed E-state index contributed by atoms with van der Waals surface area (Å²) in [5, 5.41) is 2.96. The quantitative estimate of drug-likeness (QED) is 0.837. The van der Waals surface area contributed by atoms with Crippen LogP contribution in [0.15, 0.2) is 12.3 Å². The molecular formula is C13H21N3O. The predicted octanol–water partition coefficient (Wildman–Crippen LogP) is 1.92. The molecule has 0 saturated heterocycles. The average molecular weight is 235 g/mol. The SMILES string of the molecule is Cn1cc(N)cc1C(=O)NCCC1CCCC1. The van der Waals surface area contributed by atoms with Gasteiger partial charge >= 0.3 is 0 Å². The van der Waals surface area contributed by atoms with Crippen LogP contribution in [0.1, 0.15) is 42.6 Å². The van der Waals surface area contributed by atoms with Crippen molar-refractivity contribution in [2.75, 3.05) is 12.3 Å². The molecule has 4 heteroatoms. The number of carbonyl (C=O) groups is 1. The molecule has 0 atom stereocenters. The van der Waals surface area contributed by atoms with E-state index in [9.17, 15) is 4.79 Å². The molecule has 1 saturated carbocycles. The Labute approximate surface area is 102 Å². The van der Waals surface area contributed by atoms with Crippen molar-refractivity contribution in [2.45, 2.75) is 32.1 Å². The van der Waals surface area contributed by atoms with E-state index in [1.807, 2.05) is 7.05 Å². The lowest BCUT2D eigenvalue weighted by Crippen LogP contribution is -2.27. The monoisotopic (exact) mass is 235 g/mol. The summed E-state index contributed by atoms with van der Waals surface area (Å²) in [6.07, 6.45) is 8.22. The van der Waals surface area contributed by atoms with Crippen LogP contribution in [0.2, 0.25) is 0 Å². The first-order valence-electron chi connectivity index (χ1n) is 6.37. The Hall–Kier alpha value is -1.45. The van der Waals surface area contributed by atoms with Gasteiger partial charge in [-0.15, -0.1) is 0 Å². The Balaban J connectivity index is 1.78. The Bertz CT molecular complexity index is 391. The van der Waals surface area contributed by atoms with Crippen LogP contribution in [0.4, 0.5) is 5.69 Å². The van der Waals surface area contributed by atoms with Crippen molar-refractivity contribution in [2.24, 2.45) is 13.0 Å². The third-order valence-electron chi connectivity index (χ3n) is 3.57. The molecule has 1 aliphatic carbocycles. The molecule has 1 aromatic heterocycles. The summed E-state index contributed by atoms with van der Waals surface area (Å²) in [6, 6.07) is 1.71. The molecule has 0 bridgehead atoms. The Morgan fingerprint density at radius 3 is 2.82 bits per heavy atom. The molecule has 94 valence electrons. The number of nitrogens with two attached hydrogens (primary N) is 1. The van der Waals surface area contributed by atoms with Gasteiger partial charge in [0.15, 0.2) is 0 Å². The van der Waals surface area contributed by atoms with Gasteiger partial charge in [-0.1, -0.05) is 25.7 Å². The highest BCUT2D eigenvalue weighted by molar-refractivity contribution is 5.93. The molecule has 0 aliphatic heterocycles. The summed E-state index contributed by atoms with van der Waals surface area (Å²) >= 11 is 0. The topological polar surface area (TPSA) is 60.0 Å². The first-order valence-corrected chi connectivity index (χ1v) is 6.37. The van der Waals surface area contributed by atoms with Gasteiger partial charge < -0.3 is 15.6 Å². The van der Waals surface area contributed by atoms with E-state index in [-0.39, 0.29) is 5.91 Å². The third kappa shape index (κ3) is 3.02. The number of carbonyl (C=O) groups excluding carboxylic acids is 1. The second-order valence-electron chi connectivity index (χ2n) is 4.96. The third-order valence-corrected chi connectivity index (χ3v) is 3.57. The molecule has 1 amide bonds. The highest BCUT2D eigenvalue weighted by atomic mass is 16.1. The summed E-state index contributed by atoms with van der Waals surface area (Å²) in [5.41, 5.74) is 6.91. The maximum absolute atomic E-state index is 11.9. The number of anilines is 1. The van der Waals surface area contributed by atoms with Gasteiger partial charge in [-0.25, -0.2) is 0 Å². The second-order valence-corrected chi connectivity index (χ2v) is 4.96. The average Bonchev–Trinajstić information content (AvgIpc) is 2.88.